The maximum absolute atomic E-state index is 12.5. The number of nitrogens with one attached hydrogen (secondary N) is 1. The van der Waals surface area contributed by atoms with Crippen molar-refractivity contribution in [3.8, 4) is 0 Å². The van der Waals surface area contributed by atoms with Crippen LogP contribution in [0.4, 0.5) is 0 Å². The second-order valence-corrected chi connectivity index (χ2v) is 6.72. The van der Waals surface area contributed by atoms with Crippen LogP contribution in [0, 0.1) is 5.92 Å². The van der Waals surface area contributed by atoms with Gasteiger partial charge in [-0.3, -0.25) is 14.2 Å². The summed E-state index contributed by atoms with van der Waals surface area (Å²) < 4.78 is 2.76. The molecule has 1 amide bonds. The third-order valence-electron chi connectivity index (χ3n) is 5.06. The summed E-state index contributed by atoms with van der Waals surface area (Å²) in [6.07, 6.45) is 5.39. The van der Waals surface area contributed by atoms with E-state index in [0.717, 1.165) is 4.57 Å². The lowest BCUT2D eigenvalue weighted by molar-refractivity contribution is -0.132. The van der Waals surface area contributed by atoms with Crippen LogP contribution in [-0.2, 0) is 25.3 Å². The van der Waals surface area contributed by atoms with Gasteiger partial charge in [-0.05, 0) is 18.8 Å². The van der Waals surface area contributed by atoms with Gasteiger partial charge in [0.1, 0.15) is 11.9 Å². The van der Waals surface area contributed by atoms with Gasteiger partial charge < -0.3 is 19.6 Å². The fourth-order valence-electron chi connectivity index (χ4n) is 3.35. The quantitative estimate of drug-likeness (QED) is 0.749. The Hall–Kier alpha value is -2.68. The number of H-pyrrole nitrogens is 1. The second-order valence-electron chi connectivity index (χ2n) is 6.72. The molecule has 0 unspecified atom stereocenters. The maximum Gasteiger partial charge on any atom is 0.328 e. The minimum atomic E-state index is -0.654. The lowest BCUT2D eigenvalue weighted by Gasteiger charge is -2.34. The van der Waals surface area contributed by atoms with E-state index >= 15 is 0 Å². The Balaban J connectivity index is 1.60. The summed E-state index contributed by atoms with van der Waals surface area (Å²) in [4.78, 5) is 44.3. The van der Waals surface area contributed by atoms with Crippen molar-refractivity contribution in [3.05, 3.63) is 50.8 Å². The third kappa shape index (κ3) is 3.48. The van der Waals surface area contributed by atoms with Crippen LogP contribution in [0.3, 0.4) is 0 Å². The van der Waals surface area contributed by atoms with Crippen LogP contribution < -0.4 is 11.2 Å². The summed E-state index contributed by atoms with van der Waals surface area (Å²) in [6.45, 7) is 1.04. The first-order valence-corrected chi connectivity index (χ1v) is 8.59. The molecule has 9 nitrogen and oxygen atoms in total. The van der Waals surface area contributed by atoms with E-state index in [0.29, 0.717) is 31.8 Å². The predicted octanol–water partition coefficient (Wildman–Crippen LogP) is -0.678. The monoisotopic (exact) mass is 361 g/mol. The molecule has 3 heterocycles. The molecule has 140 valence electrons. The van der Waals surface area contributed by atoms with Gasteiger partial charge in [-0.25, -0.2) is 9.78 Å². The molecule has 0 radical (unpaired) electrons. The van der Waals surface area contributed by atoms with Crippen LogP contribution in [-0.4, -0.2) is 48.1 Å². The summed E-state index contributed by atoms with van der Waals surface area (Å²) >= 11 is 0. The number of aromatic nitrogens is 4. The van der Waals surface area contributed by atoms with Crippen molar-refractivity contribution >= 4 is 5.91 Å². The number of carbonyl (C=O) groups excluding carboxylic acids is 1. The van der Waals surface area contributed by atoms with E-state index in [2.05, 4.69) is 9.97 Å². The summed E-state index contributed by atoms with van der Waals surface area (Å²) in [5.41, 5.74) is -0.690. The van der Waals surface area contributed by atoms with Gasteiger partial charge in [0.2, 0.25) is 5.91 Å². The molecule has 2 N–H and O–H groups in total. The number of carbonyl (C=O) groups is 1. The smallest absolute Gasteiger partial charge is 0.328 e. The second kappa shape index (κ2) is 7.28. The van der Waals surface area contributed by atoms with E-state index in [-0.39, 0.29) is 23.8 Å². The Labute approximate surface area is 149 Å². The standard InChI is InChI=1S/C17H23N5O4/c1-20-8-5-18-15(20)14(24)11-3-6-22(7-4-11)13(23)9-12-10-19-17(26)21(2)16(12)25/h5,8,10-11,14,24H,3-4,6-7,9H2,1-2H3,(H,19,26)/t14-/m1/s1. The van der Waals surface area contributed by atoms with E-state index in [1.807, 2.05) is 7.05 Å². The summed E-state index contributed by atoms with van der Waals surface area (Å²) in [7, 11) is 3.22. The molecule has 26 heavy (non-hydrogen) atoms. The first-order valence-electron chi connectivity index (χ1n) is 8.59. The molecule has 9 heteroatoms. The van der Waals surface area contributed by atoms with Gasteiger partial charge in [-0.15, -0.1) is 0 Å². The van der Waals surface area contributed by atoms with Crippen LogP contribution in [0.1, 0.15) is 30.3 Å². The topological polar surface area (TPSA) is 113 Å². The van der Waals surface area contributed by atoms with E-state index in [1.165, 1.54) is 13.2 Å². The van der Waals surface area contributed by atoms with Gasteiger partial charge >= 0.3 is 5.69 Å². The van der Waals surface area contributed by atoms with Crippen molar-refractivity contribution in [2.75, 3.05) is 13.1 Å². The molecule has 1 atom stereocenters. The fraction of sp³-hybridized carbons (Fsp3) is 0.529. The zero-order valence-electron chi connectivity index (χ0n) is 14.9. The molecular weight excluding hydrogens is 338 g/mol. The highest BCUT2D eigenvalue weighted by Crippen LogP contribution is 2.29. The number of hydrogen-bond acceptors (Lipinski definition) is 5. The lowest BCUT2D eigenvalue weighted by Crippen LogP contribution is -2.42. The zero-order chi connectivity index (χ0) is 18.8. The maximum atomic E-state index is 12.5. The van der Waals surface area contributed by atoms with Crippen LogP contribution in [0.15, 0.2) is 28.2 Å². The van der Waals surface area contributed by atoms with E-state index in [1.54, 1.807) is 21.9 Å². The molecule has 0 aromatic carbocycles. The van der Waals surface area contributed by atoms with E-state index < -0.39 is 17.4 Å². The van der Waals surface area contributed by atoms with Crippen LogP contribution in [0.2, 0.25) is 0 Å². The van der Waals surface area contributed by atoms with Crippen molar-refractivity contribution in [2.24, 2.45) is 20.0 Å². The van der Waals surface area contributed by atoms with Crippen molar-refractivity contribution in [1.29, 1.82) is 0 Å². The molecule has 0 saturated carbocycles. The minimum absolute atomic E-state index is 0.0427. The minimum Gasteiger partial charge on any atom is -0.385 e. The molecule has 0 bridgehead atoms. The Morgan fingerprint density at radius 1 is 1.35 bits per heavy atom. The number of piperidine rings is 1. The number of aliphatic hydroxyl groups excluding tert-OH is 1. The number of hydrogen-bond donors (Lipinski definition) is 2. The van der Waals surface area contributed by atoms with Crippen LogP contribution in [0.5, 0.6) is 0 Å². The molecular formula is C17H23N5O4. The van der Waals surface area contributed by atoms with E-state index in [4.69, 9.17) is 0 Å². The average molecular weight is 361 g/mol. The molecule has 0 aliphatic carbocycles. The van der Waals surface area contributed by atoms with Gasteiger partial charge in [0.25, 0.3) is 5.56 Å². The number of rotatable bonds is 4. The van der Waals surface area contributed by atoms with Gasteiger partial charge in [-0.1, -0.05) is 0 Å². The van der Waals surface area contributed by atoms with Crippen molar-refractivity contribution in [2.45, 2.75) is 25.4 Å². The number of imidazole rings is 1. The highest BCUT2D eigenvalue weighted by molar-refractivity contribution is 5.78. The molecule has 3 rings (SSSR count). The molecule has 1 saturated heterocycles. The Morgan fingerprint density at radius 2 is 2.04 bits per heavy atom. The predicted molar refractivity (Wildman–Crippen MR) is 93.5 cm³/mol. The van der Waals surface area contributed by atoms with Crippen LogP contribution >= 0.6 is 0 Å². The number of amides is 1. The molecule has 1 aliphatic heterocycles. The number of likely N-dealkylation sites (tertiary alicyclic amines) is 1. The fourth-order valence-corrected chi connectivity index (χ4v) is 3.35. The molecule has 1 fully saturated rings. The number of aliphatic hydroxyl groups is 1. The normalized spacial score (nSPS) is 16.7. The summed E-state index contributed by atoms with van der Waals surface area (Å²) in [5.74, 6) is 0.520. The van der Waals surface area contributed by atoms with Crippen molar-refractivity contribution < 1.29 is 9.90 Å². The van der Waals surface area contributed by atoms with Crippen LogP contribution in [0.25, 0.3) is 0 Å². The summed E-state index contributed by atoms with van der Waals surface area (Å²) in [5, 5.41) is 10.5. The van der Waals surface area contributed by atoms with Gasteiger partial charge in [-0.2, -0.15) is 0 Å². The Kier molecular flexibility index (Phi) is 5.08. The highest BCUT2D eigenvalue weighted by atomic mass is 16.3. The largest absolute Gasteiger partial charge is 0.385 e. The van der Waals surface area contributed by atoms with Gasteiger partial charge in [0, 0.05) is 51.3 Å². The SMILES string of the molecule is Cn1ccnc1[C@H](O)C1CCN(C(=O)Cc2c[nH]c(=O)n(C)c2=O)CC1. The lowest BCUT2D eigenvalue weighted by atomic mass is 9.90. The van der Waals surface area contributed by atoms with Gasteiger partial charge in [0.05, 0.1) is 6.42 Å². The van der Waals surface area contributed by atoms with Crippen molar-refractivity contribution in [3.63, 3.8) is 0 Å². The number of aryl methyl sites for hydroxylation is 1. The first-order chi connectivity index (χ1) is 12.4. The highest BCUT2D eigenvalue weighted by Gasteiger charge is 2.30. The molecule has 0 spiro atoms. The zero-order valence-corrected chi connectivity index (χ0v) is 14.9. The Bertz CT molecular complexity index is 904. The first kappa shape index (κ1) is 18.1. The third-order valence-corrected chi connectivity index (χ3v) is 5.06. The number of aromatic amines is 1. The number of nitrogens with zero attached hydrogens (tertiary/aromatic N) is 4. The molecule has 2 aromatic rings. The average Bonchev–Trinajstić information content (AvgIpc) is 3.07. The summed E-state index contributed by atoms with van der Waals surface area (Å²) in [6, 6.07) is 0. The Morgan fingerprint density at radius 3 is 2.65 bits per heavy atom. The molecule has 1 aliphatic rings. The molecule has 2 aromatic heterocycles. The van der Waals surface area contributed by atoms with E-state index in [9.17, 15) is 19.5 Å². The van der Waals surface area contributed by atoms with Crippen molar-refractivity contribution in [1.82, 2.24) is 24.0 Å². The van der Waals surface area contributed by atoms with Gasteiger partial charge in [0.15, 0.2) is 0 Å².